The molecular weight excluding hydrogens is 336 g/mol. The average Bonchev–Trinajstić information content (AvgIpc) is 3.01. The topological polar surface area (TPSA) is 44.7 Å². The Hall–Kier alpha value is -1.75. The van der Waals surface area contributed by atoms with E-state index in [-0.39, 0.29) is 5.75 Å². The number of aromatic hydroxyl groups is 1. The Balaban J connectivity index is 1.62. The van der Waals surface area contributed by atoms with Crippen molar-refractivity contribution in [2.24, 2.45) is 5.92 Å². The van der Waals surface area contributed by atoms with E-state index in [1.54, 1.807) is 6.07 Å². The number of hydrogen-bond donors (Lipinski definition) is 2. The van der Waals surface area contributed by atoms with Gasteiger partial charge in [-0.25, -0.2) is 0 Å². The highest BCUT2D eigenvalue weighted by Gasteiger charge is 2.23. The SMILES string of the molecule is Oc1cc(-c2cccc(Cl)c2)cc2c1OCCN(C[C@H]1CCNC1)C2. The van der Waals surface area contributed by atoms with Gasteiger partial charge in [-0.1, -0.05) is 23.7 Å². The summed E-state index contributed by atoms with van der Waals surface area (Å²) < 4.78 is 5.86. The van der Waals surface area contributed by atoms with E-state index in [1.807, 2.05) is 24.3 Å². The lowest BCUT2D eigenvalue weighted by Crippen LogP contribution is -2.32. The molecule has 2 aliphatic rings. The molecule has 0 aromatic heterocycles. The first-order valence-corrected chi connectivity index (χ1v) is 9.24. The zero-order valence-corrected chi connectivity index (χ0v) is 14.9. The van der Waals surface area contributed by atoms with Crippen molar-refractivity contribution in [3.8, 4) is 22.6 Å². The van der Waals surface area contributed by atoms with Crippen LogP contribution in [0.3, 0.4) is 0 Å². The summed E-state index contributed by atoms with van der Waals surface area (Å²) in [5.41, 5.74) is 3.01. The lowest BCUT2D eigenvalue weighted by molar-refractivity contribution is 0.201. The third-order valence-corrected chi connectivity index (χ3v) is 5.27. The van der Waals surface area contributed by atoms with Crippen LogP contribution < -0.4 is 10.1 Å². The van der Waals surface area contributed by atoms with E-state index in [0.29, 0.717) is 23.3 Å². The average molecular weight is 359 g/mol. The van der Waals surface area contributed by atoms with Crippen LogP contribution in [0.4, 0.5) is 0 Å². The van der Waals surface area contributed by atoms with Gasteiger partial charge in [0.2, 0.25) is 0 Å². The van der Waals surface area contributed by atoms with Gasteiger partial charge in [-0.05, 0) is 60.8 Å². The smallest absolute Gasteiger partial charge is 0.165 e. The molecule has 0 spiro atoms. The van der Waals surface area contributed by atoms with Crippen LogP contribution in [0, 0.1) is 5.92 Å². The van der Waals surface area contributed by atoms with Crippen molar-refractivity contribution < 1.29 is 9.84 Å². The molecule has 0 saturated carbocycles. The molecule has 2 aliphatic heterocycles. The first-order chi connectivity index (χ1) is 12.2. The Labute approximate surface area is 153 Å². The zero-order chi connectivity index (χ0) is 17.2. The highest BCUT2D eigenvalue weighted by Crippen LogP contribution is 2.38. The summed E-state index contributed by atoms with van der Waals surface area (Å²) in [7, 11) is 0. The molecule has 4 nitrogen and oxygen atoms in total. The molecule has 25 heavy (non-hydrogen) atoms. The van der Waals surface area contributed by atoms with Gasteiger partial charge in [-0.3, -0.25) is 4.90 Å². The molecule has 4 rings (SSSR count). The molecule has 2 N–H and O–H groups in total. The van der Waals surface area contributed by atoms with Gasteiger partial charge in [0.05, 0.1) is 0 Å². The number of phenols is 1. The number of fused-ring (bicyclic) bond motifs is 1. The van der Waals surface area contributed by atoms with Crippen molar-refractivity contribution in [1.29, 1.82) is 0 Å². The van der Waals surface area contributed by atoms with Crippen molar-refractivity contribution in [3.05, 3.63) is 47.0 Å². The fourth-order valence-corrected chi connectivity index (χ4v) is 3.97. The van der Waals surface area contributed by atoms with Gasteiger partial charge in [0.25, 0.3) is 0 Å². The maximum absolute atomic E-state index is 10.5. The molecule has 0 radical (unpaired) electrons. The first-order valence-electron chi connectivity index (χ1n) is 8.87. The quantitative estimate of drug-likeness (QED) is 0.881. The molecule has 2 aromatic rings. The Bertz CT molecular complexity index is 759. The molecule has 2 aromatic carbocycles. The number of ether oxygens (including phenoxy) is 1. The number of rotatable bonds is 3. The van der Waals surface area contributed by atoms with Crippen LogP contribution in [0.25, 0.3) is 11.1 Å². The molecule has 2 heterocycles. The summed E-state index contributed by atoms with van der Waals surface area (Å²) in [6, 6.07) is 11.6. The van der Waals surface area contributed by atoms with E-state index < -0.39 is 0 Å². The van der Waals surface area contributed by atoms with Crippen LogP contribution >= 0.6 is 11.6 Å². The van der Waals surface area contributed by atoms with E-state index in [0.717, 1.165) is 49.4 Å². The van der Waals surface area contributed by atoms with E-state index in [1.165, 1.54) is 6.42 Å². The third kappa shape index (κ3) is 3.76. The highest BCUT2D eigenvalue weighted by molar-refractivity contribution is 6.30. The van der Waals surface area contributed by atoms with Gasteiger partial charge in [-0.15, -0.1) is 0 Å². The van der Waals surface area contributed by atoms with Gasteiger partial charge in [0, 0.05) is 30.2 Å². The minimum Gasteiger partial charge on any atom is -0.504 e. The maximum Gasteiger partial charge on any atom is 0.165 e. The summed E-state index contributed by atoms with van der Waals surface area (Å²) in [5, 5.41) is 14.6. The van der Waals surface area contributed by atoms with Crippen LogP contribution in [0.15, 0.2) is 36.4 Å². The Morgan fingerprint density at radius 1 is 1.24 bits per heavy atom. The van der Waals surface area contributed by atoms with Crippen molar-refractivity contribution in [2.75, 3.05) is 32.8 Å². The van der Waals surface area contributed by atoms with Crippen LogP contribution in [-0.2, 0) is 6.54 Å². The van der Waals surface area contributed by atoms with Crippen LogP contribution in [0.5, 0.6) is 11.5 Å². The second kappa shape index (κ2) is 7.24. The van der Waals surface area contributed by atoms with Gasteiger partial charge in [0.1, 0.15) is 6.61 Å². The molecule has 0 amide bonds. The standard InChI is InChI=1S/C20H23ClN2O2/c21-18-3-1-2-15(9-18)16-8-17-13-23(12-14-4-5-22-11-14)6-7-25-20(17)19(24)10-16/h1-3,8-10,14,22,24H,4-7,11-13H2/t14-/m0/s1. The molecule has 0 bridgehead atoms. The molecular formula is C20H23ClN2O2. The Morgan fingerprint density at radius 3 is 2.96 bits per heavy atom. The predicted molar refractivity (Wildman–Crippen MR) is 100 cm³/mol. The minimum atomic E-state index is 0.205. The van der Waals surface area contributed by atoms with Crippen molar-refractivity contribution in [1.82, 2.24) is 10.2 Å². The van der Waals surface area contributed by atoms with Crippen molar-refractivity contribution in [2.45, 2.75) is 13.0 Å². The number of nitrogens with one attached hydrogen (secondary N) is 1. The molecule has 0 unspecified atom stereocenters. The van der Waals surface area contributed by atoms with E-state index in [9.17, 15) is 5.11 Å². The third-order valence-electron chi connectivity index (χ3n) is 5.03. The van der Waals surface area contributed by atoms with E-state index in [2.05, 4.69) is 16.3 Å². The zero-order valence-electron chi connectivity index (χ0n) is 14.2. The van der Waals surface area contributed by atoms with Gasteiger partial charge in [0.15, 0.2) is 11.5 Å². The lowest BCUT2D eigenvalue weighted by atomic mass is 10.0. The molecule has 1 saturated heterocycles. The fourth-order valence-electron chi connectivity index (χ4n) is 3.78. The number of halogens is 1. The van der Waals surface area contributed by atoms with Gasteiger partial charge in [-0.2, -0.15) is 0 Å². The summed E-state index contributed by atoms with van der Waals surface area (Å²) in [6.45, 7) is 5.57. The normalized spacial score (nSPS) is 20.8. The maximum atomic E-state index is 10.5. The van der Waals surface area contributed by atoms with Crippen LogP contribution in [-0.4, -0.2) is 42.8 Å². The molecule has 1 atom stereocenters. The van der Waals surface area contributed by atoms with Crippen molar-refractivity contribution >= 4 is 11.6 Å². The summed E-state index contributed by atoms with van der Waals surface area (Å²) >= 11 is 6.12. The minimum absolute atomic E-state index is 0.205. The second-order valence-electron chi connectivity index (χ2n) is 6.94. The predicted octanol–water partition coefficient (Wildman–Crippen LogP) is 3.52. The molecule has 132 valence electrons. The number of benzene rings is 2. The fraction of sp³-hybridized carbons (Fsp3) is 0.400. The monoisotopic (exact) mass is 358 g/mol. The number of hydrogen-bond acceptors (Lipinski definition) is 4. The molecule has 1 fully saturated rings. The first kappa shape index (κ1) is 16.7. The van der Waals surface area contributed by atoms with Crippen LogP contribution in [0.1, 0.15) is 12.0 Å². The Kier molecular flexibility index (Phi) is 4.84. The van der Waals surface area contributed by atoms with Crippen molar-refractivity contribution in [3.63, 3.8) is 0 Å². The number of phenolic OH excluding ortho intramolecular Hbond substituents is 1. The summed E-state index contributed by atoms with van der Waals surface area (Å²) in [6.07, 6.45) is 1.23. The largest absolute Gasteiger partial charge is 0.504 e. The van der Waals surface area contributed by atoms with E-state index in [4.69, 9.17) is 16.3 Å². The second-order valence-corrected chi connectivity index (χ2v) is 7.37. The Morgan fingerprint density at radius 2 is 2.16 bits per heavy atom. The lowest BCUT2D eigenvalue weighted by Gasteiger charge is -2.22. The van der Waals surface area contributed by atoms with Gasteiger partial charge >= 0.3 is 0 Å². The molecule has 0 aliphatic carbocycles. The van der Waals surface area contributed by atoms with Gasteiger partial charge < -0.3 is 15.2 Å². The summed E-state index contributed by atoms with van der Waals surface area (Å²) in [4.78, 5) is 2.44. The summed E-state index contributed by atoms with van der Waals surface area (Å²) in [5.74, 6) is 1.53. The molecule has 5 heteroatoms. The highest BCUT2D eigenvalue weighted by atomic mass is 35.5. The van der Waals surface area contributed by atoms with E-state index >= 15 is 0 Å². The van der Waals surface area contributed by atoms with Crippen LogP contribution in [0.2, 0.25) is 5.02 Å². The number of nitrogens with zero attached hydrogens (tertiary/aromatic N) is 1.